The van der Waals surface area contributed by atoms with Gasteiger partial charge in [0.25, 0.3) is 5.91 Å². The van der Waals surface area contributed by atoms with Crippen LogP contribution in [-0.4, -0.2) is 45.6 Å². The number of benzene rings is 1. The number of carboxylic acid groups (broad SMARTS) is 1. The highest BCUT2D eigenvalue weighted by atomic mass is 19.1. The number of hydrogen-bond acceptors (Lipinski definition) is 2. The molecular formula is C18H21FN2O3. The van der Waals surface area contributed by atoms with Crippen molar-refractivity contribution >= 4 is 22.8 Å². The lowest BCUT2D eigenvalue weighted by Gasteiger charge is -2.18. The molecule has 6 heteroatoms. The van der Waals surface area contributed by atoms with Crippen LogP contribution >= 0.6 is 0 Å². The summed E-state index contributed by atoms with van der Waals surface area (Å²) in [6.07, 6.45) is -0.178. The fourth-order valence-corrected chi connectivity index (χ4v) is 3.00. The van der Waals surface area contributed by atoms with Crippen LogP contribution in [0.1, 0.15) is 43.2 Å². The zero-order valence-electron chi connectivity index (χ0n) is 14.0. The lowest BCUT2D eigenvalue weighted by Crippen LogP contribution is -2.39. The molecule has 1 aromatic carbocycles. The molecule has 1 saturated heterocycles. The molecule has 128 valence electrons. The molecule has 0 radical (unpaired) electrons. The number of H-pyrrole nitrogens is 1. The van der Waals surface area contributed by atoms with E-state index in [2.05, 4.69) is 25.8 Å². The van der Waals surface area contributed by atoms with Crippen LogP contribution < -0.4 is 0 Å². The number of carbonyl (C=O) groups excluding carboxylic acids is 1. The Balaban J connectivity index is 1.87. The van der Waals surface area contributed by atoms with Crippen molar-refractivity contribution in [2.24, 2.45) is 0 Å². The molecule has 1 fully saturated rings. The maximum atomic E-state index is 14.1. The second-order valence-electron chi connectivity index (χ2n) is 7.48. The summed E-state index contributed by atoms with van der Waals surface area (Å²) in [5.41, 5.74) is -0.0134. The van der Waals surface area contributed by atoms with E-state index in [1.54, 1.807) is 6.07 Å². The Bertz CT molecular complexity index is 821. The molecule has 24 heavy (non-hydrogen) atoms. The monoisotopic (exact) mass is 332 g/mol. The summed E-state index contributed by atoms with van der Waals surface area (Å²) >= 11 is 0. The molecule has 1 amide bonds. The van der Waals surface area contributed by atoms with E-state index in [1.165, 1.54) is 4.90 Å². The van der Waals surface area contributed by atoms with Gasteiger partial charge in [-0.3, -0.25) is 4.79 Å². The Morgan fingerprint density at radius 2 is 2.00 bits per heavy atom. The third-order valence-corrected chi connectivity index (χ3v) is 4.61. The number of aromatic amines is 1. The number of carboxylic acids is 1. The minimum Gasteiger partial charge on any atom is -0.479 e. The highest BCUT2D eigenvalue weighted by Gasteiger charge is 2.47. The van der Waals surface area contributed by atoms with E-state index in [9.17, 15) is 14.0 Å². The molecule has 2 aromatic rings. The van der Waals surface area contributed by atoms with Crippen molar-refractivity contribution in [2.45, 2.75) is 38.3 Å². The number of amides is 1. The van der Waals surface area contributed by atoms with E-state index in [1.807, 2.05) is 18.2 Å². The van der Waals surface area contributed by atoms with Gasteiger partial charge in [0, 0.05) is 23.9 Å². The van der Waals surface area contributed by atoms with Crippen LogP contribution in [0, 0.1) is 0 Å². The summed E-state index contributed by atoms with van der Waals surface area (Å²) in [4.78, 5) is 27.9. The smallest absolute Gasteiger partial charge is 0.343 e. The molecule has 0 spiro atoms. The molecule has 1 unspecified atom stereocenters. The van der Waals surface area contributed by atoms with Crippen LogP contribution in [0.2, 0.25) is 0 Å². The summed E-state index contributed by atoms with van der Waals surface area (Å²) in [7, 11) is 0. The van der Waals surface area contributed by atoms with E-state index in [4.69, 9.17) is 5.11 Å². The summed E-state index contributed by atoms with van der Waals surface area (Å²) < 4.78 is 14.1. The molecule has 2 heterocycles. The number of aromatic nitrogens is 1. The van der Waals surface area contributed by atoms with Crippen molar-refractivity contribution in [1.82, 2.24) is 9.88 Å². The van der Waals surface area contributed by atoms with Gasteiger partial charge in [-0.25, -0.2) is 9.18 Å². The number of rotatable bonds is 2. The van der Waals surface area contributed by atoms with E-state index in [0.29, 0.717) is 5.69 Å². The van der Waals surface area contributed by atoms with Gasteiger partial charge in [-0.15, -0.1) is 0 Å². The van der Waals surface area contributed by atoms with Gasteiger partial charge in [0.2, 0.25) is 5.67 Å². The zero-order valence-corrected chi connectivity index (χ0v) is 14.0. The zero-order chi connectivity index (χ0) is 17.7. The fraction of sp³-hybridized carbons (Fsp3) is 0.444. The highest BCUT2D eigenvalue weighted by Crippen LogP contribution is 2.29. The van der Waals surface area contributed by atoms with Crippen molar-refractivity contribution in [3.8, 4) is 0 Å². The fourth-order valence-electron chi connectivity index (χ4n) is 3.00. The van der Waals surface area contributed by atoms with Crippen molar-refractivity contribution in [1.29, 1.82) is 0 Å². The number of hydrogen-bond donors (Lipinski definition) is 2. The molecule has 2 N–H and O–H groups in total. The van der Waals surface area contributed by atoms with Gasteiger partial charge < -0.3 is 15.0 Å². The topological polar surface area (TPSA) is 73.4 Å². The Hall–Kier alpha value is -2.37. The molecule has 0 saturated carbocycles. The molecule has 1 atom stereocenters. The molecule has 5 nitrogen and oxygen atoms in total. The molecule has 1 aliphatic rings. The van der Waals surface area contributed by atoms with Gasteiger partial charge in [0.05, 0.1) is 6.54 Å². The summed E-state index contributed by atoms with van der Waals surface area (Å²) in [6.45, 7) is 6.02. The third-order valence-electron chi connectivity index (χ3n) is 4.61. The maximum Gasteiger partial charge on any atom is 0.343 e. The first-order valence-electron chi connectivity index (χ1n) is 7.95. The first-order valence-corrected chi connectivity index (χ1v) is 7.95. The van der Waals surface area contributed by atoms with Crippen LogP contribution in [0.25, 0.3) is 10.9 Å². The average Bonchev–Trinajstić information content (AvgIpc) is 3.09. The molecule has 1 aliphatic heterocycles. The predicted molar refractivity (Wildman–Crippen MR) is 89.0 cm³/mol. The van der Waals surface area contributed by atoms with Crippen LogP contribution in [0.4, 0.5) is 4.39 Å². The second-order valence-corrected chi connectivity index (χ2v) is 7.48. The van der Waals surface area contributed by atoms with E-state index >= 15 is 0 Å². The molecule has 3 rings (SSSR count). The molecule has 1 aromatic heterocycles. The SMILES string of the molecule is CC(C)(C)c1ccc2cc(C(=O)N3CCC(F)(C(=O)O)C3)[nH]c2c1. The van der Waals surface area contributed by atoms with Crippen molar-refractivity contribution in [3.05, 3.63) is 35.5 Å². The summed E-state index contributed by atoms with van der Waals surface area (Å²) in [6, 6.07) is 7.71. The minimum absolute atomic E-state index is 0.00621. The summed E-state index contributed by atoms with van der Waals surface area (Å²) in [5, 5.41) is 9.84. The number of fused-ring (bicyclic) bond motifs is 1. The number of alkyl halides is 1. The Labute approximate surface area is 139 Å². The van der Waals surface area contributed by atoms with Crippen LogP contribution in [0.3, 0.4) is 0 Å². The first-order chi connectivity index (χ1) is 11.1. The molecule has 0 bridgehead atoms. The standard InChI is InChI=1S/C18H21FN2O3/c1-17(2,3)12-5-4-11-8-14(20-13(11)9-12)15(22)21-7-6-18(19,10-21)16(23)24/h4-5,8-9,20H,6-7,10H2,1-3H3,(H,23,24). The lowest BCUT2D eigenvalue weighted by molar-refractivity contribution is -0.149. The van der Waals surface area contributed by atoms with Gasteiger partial charge in [-0.1, -0.05) is 32.9 Å². The van der Waals surface area contributed by atoms with Crippen LogP contribution in [0.15, 0.2) is 24.3 Å². The van der Waals surface area contributed by atoms with Gasteiger partial charge in [-0.2, -0.15) is 0 Å². The van der Waals surface area contributed by atoms with Crippen LogP contribution in [0.5, 0.6) is 0 Å². The van der Waals surface area contributed by atoms with Crippen molar-refractivity contribution in [2.75, 3.05) is 13.1 Å². The van der Waals surface area contributed by atoms with Crippen molar-refractivity contribution < 1.29 is 19.1 Å². The van der Waals surface area contributed by atoms with E-state index in [0.717, 1.165) is 16.5 Å². The minimum atomic E-state index is -2.35. The number of aliphatic carboxylic acids is 1. The summed E-state index contributed by atoms with van der Waals surface area (Å²) in [5.74, 6) is -1.88. The Kier molecular flexibility index (Phi) is 3.66. The Morgan fingerprint density at radius 3 is 2.58 bits per heavy atom. The van der Waals surface area contributed by atoms with Crippen LogP contribution in [-0.2, 0) is 10.2 Å². The highest BCUT2D eigenvalue weighted by molar-refractivity contribution is 5.98. The van der Waals surface area contributed by atoms with Gasteiger partial charge >= 0.3 is 5.97 Å². The normalized spacial score (nSPS) is 21.4. The maximum absolute atomic E-state index is 14.1. The lowest BCUT2D eigenvalue weighted by atomic mass is 9.87. The second kappa shape index (κ2) is 5.33. The van der Waals surface area contributed by atoms with Gasteiger partial charge in [0.15, 0.2) is 0 Å². The number of likely N-dealkylation sites (tertiary alicyclic amines) is 1. The molecule has 0 aliphatic carbocycles. The Morgan fingerprint density at radius 1 is 1.29 bits per heavy atom. The number of halogens is 1. The quantitative estimate of drug-likeness (QED) is 0.887. The largest absolute Gasteiger partial charge is 0.479 e. The number of carbonyl (C=O) groups is 2. The van der Waals surface area contributed by atoms with E-state index < -0.39 is 18.2 Å². The molecular weight excluding hydrogens is 311 g/mol. The van der Waals surface area contributed by atoms with Crippen molar-refractivity contribution in [3.63, 3.8) is 0 Å². The number of nitrogens with zero attached hydrogens (tertiary/aromatic N) is 1. The first kappa shape index (κ1) is 16.5. The van der Waals surface area contributed by atoms with Gasteiger partial charge in [-0.05, 0) is 23.1 Å². The average molecular weight is 332 g/mol. The van der Waals surface area contributed by atoms with Gasteiger partial charge in [0.1, 0.15) is 5.69 Å². The van der Waals surface area contributed by atoms with E-state index in [-0.39, 0.29) is 24.3 Å². The predicted octanol–water partition coefficient (Wildman–Crippen LogP) is 3.10. The third kappa shape index (κ3) is 2.77. The number of nitrogens with one attached hydrogen (secondary N) is 1.